The maximum atomic E-state index is 11.4. The van der Waals surface area contributed by atoms with E-state index in [-0.39, 0.29) is 5.75 Å². The van der Waals surface area contributed by atoms with Crippen LogP contribution in [0.3, 0.4) is 0 Å². The first-order chi connectivity index (χ1) is 10.3. The highest BCUT2D eigenvalue weighted by Gasteiger charge is 2.19. The van der Waals surface area contributed by atoms with Crippen molar-refractivity contribution in [2.75, 3.05) is 23.0 Å². The lowest BCUT2D eigenvalue weighted by Gasteiger charge is -2.06. The number of carbonyl (C=O) groups excluding carboxylic acids is 1. The van der Waals surface area contributed by atoms with Gasteiger partial charge in [0.25, 0.3) is 0 Å². The summed E-state index contributed by atoms with van der Waals surface area (Å²) in [5, 5.41) is 0. The zero-order chi connectivity index (χ0) is 17.4. The van der Waals surface area contributed by atoms with E-state index in [2.05, 4.69) is 13.8 Å². The number of unbranched alkanes of at least 4 members (excludes halogenated alkanes) is 3. The normalized spacial score (nSPS) is 11.2. The first kappa shape index (κ1) is 24.2. The van der Waals surface area contributed by atoms with Crippen LogP contribution in [0.5, 0.6) is 0 Å². The van der Waals surface area contributed by atoms with Crippen LogP contribution >= 0.6 is 0 Å². The molecule has 134 valence electrons. The van der Waals surface area contributed by atoms with Gasteiger partial charge in [-0.25, -0.2) is 8.42 Å². The monoisotopic (exact) mass is 354 g/mol. The third-order valence-electron chi connectivity index (χ3n) is 3.08. The molecule has 0 saturated heterocycles. The summed E-state index contributed by atoms with van der Waals surface area (Å²) in [6.45, 7) is 8.26. The highest BCUT2D eigenvalue weighted by molar-refractivity contribution is 7.97. The predicted octanol–water partition coefficient (Wildman–Crippen LogP) is 3.52. The zero-order valence-corrected chi connectivity index (χ0v) is 16.4. The Balaban J connectivity index is 0. The van der Waals surface area contributed by atoms with E-state index in [4.69, 9.17) is 0 Å². The summed E-state index contributed by atoms with van der Waals surface area (Å²) in [5.41, 5.74) is 0. The lowest BCUT2D eigenvalue weighted by atomic mass is 10.4. The Hall–Kier alpha value is -0.0700. The molecule has 0 radical (unpaired) electrons. The standard InChI is InChI=1S/C12H25OS.C4H10O3S/c1-4-7-9-14(10-8-5-2)11-12(13)6-3;1-2-3-4-8(5,6)7/h4-11H2,1-3H3;2-4H2,1H3,(H,5,6,7)/q+1;/p-1. The van der Waals surface area contributed by atoms with Crippen molar-refractivity contribution >= 4 is 26.8 Å². The fraction of sp³-hybridized carbons (Fsp3) is 0.938. The lowest BCUT2D eigenvalue weighted by Crippen LogP contribution is -2.22. The number of carbonyl (C=O) groups is 1. The predicted molar refractivity (Wildman–Crippen MR) is 96.6 cm³/mol. The van der Waals surface area contributed by atoms with E-state index in [1.165, 1.54) is 37.2 Å². The van der Waals surface area contributed by atoms with Crippen LogP contribution in [0.2, 0.25) is 0 Å². The molecule has 0 atom stereocenters. The summed E-state index contributed by atoms with van der Waals surface area (Å²) in [7, 11) is -3.54. The summed E-state index contributed by atoms with van der Waals surface area (Å²) < 4.78 is 29.5. The largest absolute Gasteiger partial charge is 0.748 e. The number of rotatable bonds is 12. The van der Waals surface area contributed by atoms with Crippen LogP contribution in [0.4, 0.5) is 0 Å². The van der Waals surface area contributed by atoms with Gasteiger partial charge in [0.15, 0.2) is 11.5 Å². The van der Waals surface area contributed by atoms with Crippen LogP contribution in [-0.4, -0.2) is 41.8 Å². The van der Waals surface area contributed by atoms with Gasteiger partial charge in [-0.15, -0.1) is 0 Å². The number of hydrogen-bond acceptors (Lipinski definition) is 4. The molecule has 0 spiro atoms. The summed E-state index contributed by atoms with van der Waals surface area (Å²) in [6.07, 6.45) is 7.06. The summed E-state index contributed by atoms with van der Waals surface area (Å²) in [5.74, 6) is 3.66. The third-order valence-corrected chi connectivity index (χ3v) is 6.33. The van der Waals surface area contributed by atoms with Gasteiger partial charge < -0.3 is 4.55 Å². The van der Waals surface area contributed by atoms with Gasteiger partial charge in [0.2, 0.25) is 0 Å². The van der Waals surface area contributed by atoms with E-state index in [0.29, 0.717) is 23.1 Å². The highest BCUT2D eigenvalue weighted by atomic mass is 32.2. The SMILES string of the molecule is CCCCS(=O)(=O)[O-].CCCC[S+](CCCC)CC(=O)CC. The van der Waals surface area contributed by atoms with E-state index in [9.17, 15) is 17.8 Å². The average molecular weight is 355 g/mol. The molecule has 6 heteroatoms. The van der Waals surface area contributed by atoms with Crippen molar-refractivity contribution in [3.8, 4) is 0 Å². The molecule has 0 aliphatic carbocycles. The fourth-order valence-corrected chi connectivity index (χ4v) is 4.78. The van der Waals surface area contributed by atoms with Crippen LogP contribution in [0.25, 0.3) is 0 Å². The van der Waals surface area contributed by atoms with E-state index in [1.807, 2.05) is 13.8 Å². The molecule has 4 nitrogen and oxygen atoms in total. The van der Waals surface area contributed by atoms with Gasteiger partial charge >= 0.3 is 0 Å². The van der Waals surface area contributed by atoms with Crippen molar-refractivity contribution in [3.63, 3.8) is 0 Å². The molecule has 0 aromatic carbocycles. The number of ketones is 1. The lowest BCUT2D eigenvalue weighted by molar-refractivity contribution is -0.116. The molecular formula is C16H34O4S2. The molecule has 0 aliphatic heterocycles. The van der Waals surface area contributed by atoms with Crippen molar-refractivity contribution < 1.29 is 17.8 Å². The molecule has 0 amide bonds. The van der Waals surface area contributed by atoms with Crippen LogP contribution < -0.4 is 0 Å². The smallest absolute Gasteiger partial charge is 0.181 e. The minimum absolute atomic E-state index is 0.219. The topological polar surface area (TPSA) is 74.3 Å². The van der Waals surface area contributed by atoms with Gasteiger partial charge in [-0.05, 0) is 30.2 Å². The van der Waals surface area contributed by atoms with Gasteiger partial charge in [0, 0.05) is 12.2 Å². The molecule has 0 fully saturated rings. The Kier molecular flexibility index (Phi) is 17.4. The minimum atomic E-state index is -3.94. The second-order valence-corrected chi connectivity index (χ2v) is 9.23. The van der Waals surface area contributed by atoms with Gasteiger partial charge in [0.05, 0.1) is 10.1 Å². The van der Waals surface area contributed by atoms with Gasteiger partial charge in [0.1, 0.15) is 11.5 Å². The molecule has 22 heavy (non-hydrogen) atoms. The van der Waals surface area contributed by atoms with E-state index in [0.717, 1.165) is 18.6 Å². The number of Topliss-reactive ketones (excluding diaryl/α,β-unsaturated/α-hetero) is 1. The molecule has 0 bridgehead atoms. The van der Waals surface area contributed by atoms with E-state index < -0.39 is 10.1 Å². The number of hydrogen-bond donors (Lipinski definition) is 0. The molecule has 0 rings (SSSR count). The van der Waals surface area contributed by atoms with E-state index in [1.54, 1.807) is 0 Å². The van der Waals surface area contributed by atoms with Crippen LogP contribution in [0.1, 0.15) is 72.6 Å². The quantitative estimate of drug-likeness (QED) is 0.397. The molecule has 0 aromatic heterocycles. The molecule has 0 aromatic rings. The summed E-state index contributed by atoms with van der Waals surface area (Å²) in [4.78, 5) is 11.4. The molecule has 0 N–H and O–H groups in total. The van der Waals surface area contributed by atoms with Crippen LogP contribution in [0, 0.1) is 0 Å². The van der Waals surface area contributed by atoms with Crippen LogP contribution in [-0.2, 0) is 25.8 Å². The van der Waals surface area contributed by atoms with Gasteiger partial charge in [-0.1, -0.05) is 47.0 Å². The first-order valence-corrected chi connectivity index (χ1v) is 11.7. The van der Waals surface area contributed by atoms with Gasteiger partial charge in [-0.2, -0.15) is 0 Å². The highest BCUT2D eigenvalue weighted by Crippen LogP contribution is 2.06. The van der Waals surface area contributed by atoms with Crippen LogP contribution in [0.15, 0.2) is 0 Å². The molecule has 0 saturated carbocycles. The minimum Gasteiger partial charge on any atom is -0.748 e. The third kappa shape index (κ3) is 19.9. The Morgan fingerprint density at radius 3 is 1.64 bits per heavy atom. The maximum Gasteiger partial charge on any atom is 0.181 e. The average Bonchev–Trinajstić information content (AvgIpc) is 2.47. The molecular weight excluding hydrogens is 320 g/mol. The van der Waals surface area contributed by atoms with Crippen molar-refractivity contribution in [1.82, 2.24) is 0 Å². The Morgan fingerprint density at radius 2 is 1.36 bits per heavy atom. The van der Waals surface area contributed by atoms with Crippen molar-refractivity contribution in [2.45, 2.75) is 72.6 Å². The molecule has 0 unspecified atom stereocenters. The Morgan fingerprint density at radius 1 is 0.909 bits per heavy atom. The van der Waals surface area contributed by atoms with Crippen molar-refractivity contribution in [3.05, 3.63) is 0 Å². The van der Waals surface area contributed by atoms with Gasteiger partial charge in [-0.3, -0.25) is 4.79 Å². The Bertz CT molecular complexity index is 345. The Labute approximate surface area is 140 Å². The first-order valence-electron chi connectivity index (χ1n) is 8.39. The molecule has 0 aliphatic rings. The molecule has 0 heterocycles. The fourth-order valence-electron chi connectivity index (χ4n) is 1.59. The zero-order valence-electron chi connectivity index (χ0n) is 14.7. The van der Waals surface area contributed by atoms with Crippen molar-refractivity contribution in [2.24, 2.45) is 0 Å². The summed E-state index contributed by atoms with van der Waals surface area (Å²) >= 11 is 0. The van der Waals surface area contributed by atoms with Crippen molar-refractivity contribution in [1.29, 1.82) is 0 Å². The second-order valence-electron chi connectivity index (χ2n) is 5.38. The summed E-state index contributed by atoms with van der Waals surface area (Å²) in [6, 6.07) is 0. The second kappa shape index (κ2) is 15.8. The van der Waals surface area contributed by atoms with E-state index >= 15 is 0 Å². The maximum absolute atomic E-state index is 11.4.